The van der Waals surface area contributed by atoms with E-state index in [1.54, 1.807) is 17.9 Å². The van der Waals surface area contributed by atoms with Crippen LogP contribution in [0, 0.1) is 0 Å². The maximum absolute atomic E-state index is 10.8. The van der Waals surface area contributed by atoms with E-state index >= 15 is 0 Å². The number of hydrogen-bond donors (Lipinski definition) is 2. The highest BCUT2D eigenvalue weighted by Crippen LogP contribution is 2.13. The van der Waals surface area contributed by atoms with Gasteiger partial charge in [-0.15, -0.1) is 0 Å². The molecule has 0 unspecified atom stereocenters. The van der Waals surface area contributed by atoms with Crippen molar-refractivity contribution < 1.29 is 22.1 Å². The lowest BCUT2D eigenvalue weighted by Gasteiger charge is -2.33. The van der Waals surface area contributed by atoms with Gasteiger partial charge in [0.1, 0.15) is 11.0 Å². The fourth-order valence-electron chi connectivity index (χ4n) is 2.48. The second-order valence-electron chi connectivity index (χ2n) is 5.14. The molecule has 7 heteroatoms. The summed E-state index contributed by atoms with van der Waals surface area (Å²) in [6, 6.07) is 5.75. The minimum absolute atomic E-state index is 0. The van der Waals surface area contributed by atoms with E-state index in [4.69, 9.17) is 11.6 Å². The summed E-state index contributed by atoms with van der Waals surface area (Å²) in [6.07, 6.45) is 1.03. The molecule has 2 N–H and O–H groups in total. The fourth-order valence-corrected chi connectivity index (χ4v) is 2.64. The van der Waals surface area contributed by atoms with Crippen molar-refractivity contribution in [1.82, 2.24) is 10.3 Å². The van der Waals surface area contributed by atoms with Gasteiger partial charge in [0.15, 0.2) is 0 Å². The number of nitrogens with one attached hydrogen (secondary N) is 2. The Balaban J connectivity index is 0.00000220. The highest BCUT2D eigenvalue weighted by Gasteiger charge is 2.20. The lowest BCUT2D eigenvalue weighted by molar-refractivity contribution is -0.900. The number of pyridine rings is 1. The highest BCUT2D eigenvalue weighted by molar-refractivity contribution is 6.29. The Hall–Kier alpha value is -1.04. The molecule has 1 aliphatic rings. The zero-order chi connectivity index (χ0) is 14.4. The molecule has 1 saturated heterocycles. The molecule has 0 aromatic carbocycles. The van der Waals surface area contributed by atoms with E-state index in [2.05, 4.69) is 15.2 Å². The van der Waals surface area contributed by atoms with E-state index < -0.39 is 0 Å². The second-order valence-corrected chi connectivity index (χ2v) is 5.53. The normalized spacial score (nSPS) is 15.4. The molecule has 0 bridgehead atoms. The van der Waals surface area contributed by atoms with Crippen molar-refractivity contribution in [3.8, 4) is 0 Å². The first kappa shape index (κ1) is 18.0. The van der Waals surface area contributed by atoms with Gasteiger partial charge in [0.05, 0.1) is 32.7 Å². The smallest absolute Gasteiger partial charge is 0.216 e. The Kier molecular flexibility index (Phi) is 7.78. The zero-order valence-electron chi connectivity index (χ0n) is 12.2. The van der Waals surface area contributed by atoms with Crippen LogP contribution in [-0.4, -0.2) is 50.2 Å². The maximum atomic E-state index is 10.8. The number of carbonyl (C=O) groups excluding carboxylic acids is 1. The Morgan fingerprint density at radius 2 is 2.14 bits per heavy atom. The summed E-state index contributed by atoms with van der Waals surface area (Å²) in [4.78, 5) is 19.0. The first-order valence-corrected chi connectivity index (χ1v) is 7.48. The van der Waals surface area contributed by atoms with Crippen molar-refractivity contribution in [3.63, 3.8) is 0 Å². The minimum Gasteiger partial charge on any atom is -1.00 e. The molecular weight excluding hydrogens is 311 g/mol. The number of carbonyl (C=O) groups is 1. The monoisotopic (exact) mass is 332 g/mol. The van der Waals surface area contributed by atoms with Crippen LogP contribution in [0.2, 0.25) is 5.15 Å². The Bertz CT molecular complexity index is 450. The van der Waals surface area contributed by atoms with Crippen LogP contribution in [-0.2, 0) is 4.79 Å². The summed E-state index contributed by atoms with van der Waals surface area (Å²) in [5, 5.41) is 3.39. The zero-order valence-corrected chi connectivity index (χ0v) is 13.8. The van der Waals surface area contributed by atoms with Crippen LogP contribution in [0.3, 0.4) is 0 Å². The number of halogens is 2. The molecule has 0 atom stereocenters. The van der Waals surface area contributed by atoms with Gasteiger partial charge in [-0.3, -0.25) is 4.79 Å². The summed E-state index contributed by atoms with van der Waals surface area (Å²) in [6.45, 7) is 7.66. The number of piperazine rings is 1. The quantitative estimate of drug-likeness (QED) is 0.445. The SMILES string of the molecule is CC(=O)NCCC[NH+]1CCN(c2cccc(Cl)n2)CC1.[Cl-]. The number of hydrogen-bond acceptors (Lipinski definition) is 3. The summed E-state index contributed by atoms with van der Waals surface area (Å²) in [5.74, 6) is 1.02. The van der Waals surface area contributed by atoms with Crippen LogP contribution in [0.1, 0.15) is 13.3 Å². The van der Waals surface area contributed by atoms with E-state index in [1.807, 2.05) is 12.1 Å². The van der Waals surface area contributed by atoms with Crippen LogP contribution in [0.15, 0.2) is 18.2 Å². The van der Waals surface area contributed by atoms with Crippen molar-refractivity contribution in [2.45, 2.75) is 13.3 Å². The molecule has 2 heterocycles. The number of anilines is 1. The maximum Gasteiger partial charge on any atom is 0.216 e. The lowest BCUT2D eigenvalue weighted by Crippen LogP contribution is -3.15. The summed E-state index contributed by atoms with van der Waals surface area (Å²) < 4.78 is 0. The molecule has 21 heavy (non-hydrogen) atoms. The van der Waals surface area contributed by atoms with Gasteiger partial charge in [0.2, 0.25) is 5.91 Å². The van der Waals surface area contributed by atoms with E-state index in [1.165, 1.54) is 0 Å². The summed E-state index contributed by atoms with van der Waals surface area (Å²) in [7, 11) is 0. The van der Waals surface area contributed by atoms with Gasteiger partial charge in [-0.05, 0) is 12.1 Å². The third-order valence-electron chi connectivity index (χ3n) is 3.58. The first-order valence-electron chi connectivity index (χ1n) is 7.10. The average molecular weight is 333 g/mol. The van der Waals surface area contributed by atoms with Gasteiger partial charge in [0.25, 0.3) is 0 Å². The molecule has 0 spiro atoms. The molecule has 5 nitrogen and oxygen atoms in total. The molecule has 0 aliphatic carbocycles. The molecule has 1 aromatic heterocycles. The van der Waals surface area contributed by atoms with Gasteiger partial charge in [0, 0.05) is 19.9 Å². The van der Waals surface area contributed by atoms with Crippen molar-refractivity contribution in [2.75, 3.05) is 44.2 Å². The number of aromatic nitrogens is 1. The topological polar surface area (TPSA) is 49.7 Å². The largest absolute Gasteiger partial charge is 1.00 e. The van der Waals surface area contributed by atoms with Gasteiger partial charge in [-0.2, -0.15) is 0 Å². The molecule has 0 radical (unpaired) electrons. The number of amides is 1. The molecule has 1 aliphatic heterocycles. The van der Waals surface area contributed by atoms with E-state index in [0.717, 1.165) is 51.5 Å². The van der Waals surface area contributed by atoms with Gasteiger partial charge in [-0.1, -0.05) is 17.7 Å². The lowest BCUT2D eigenvalue weighted by atomic mass is 10.2. The third-order valence-corrected chi connectivity index (χ3v) is 3.79. The molecule has 1 aromatic rings. The summed E-state index contributed by atoms with van der Waals surface area (Å²) in [5.41, 5.74) is 0. The molecule has 1 amide bonds. The predicted octanol–water partition coefficient (Wildman–Crippen LogP) is -3.03. The standard InChI is InChI=1S/C14H21ClN4O.ClH/c1-12(20)16-6-3-7-18-8-10-19(11-9-18)14-5-2-4-13(15)17-14;/h2,4-5H,3,6-11H2,1H3,(H,16,20);1H. The van der Waals surface area contributed by atoms with Gasteiger partial charge < -0.3 is 27.5 Å². The first-order chi connectivity index (χ1) is 9.65. The summed E-state index contributed by atoms with van der Waals surface area (Å²) >= 11 is 5.93. The van der Waals surface area contributed by atoms with E-state index in [-0.39, 0.29) is 18.3 Å². The minimum atomic E-state index is 0. The number of nitrogens with zero attached hydrogens (tertiary/aromatic N) is 2. The van der Waals surface area contributed by atoms with Crippen molar-refractivity contribution >= 4 is 23.3 Å². The second kappa shape index (κ2) is 9.07. The van der Waals surface area contributed by atoms with Crippen LogP contribution in [0.5, 0.6) is 0 Å². The van der Waals surface area contributed by atoms with Crippen LogP contribution in [0.4, 0.5) is 5.82 Å². The number of quaternary nitrogens is 1. The average Bonchev–Trinajstić information content (AvgIpc) is 2.44. The van der Waals surface area contributed by atoms with Gasteiger partial charge in [-0.25, -0.2) is 4.98 Å². The Labute approximate surface area is 137 Å². The molecule has 1 fully saturated rings. The Morgan fingerprint density at radius 1 is 1.43 bits per heavy atom. The molecule has 0 saturated carbocycles. The highest BCUT2D eigenvalue weighted by atomic mass is 35.5. The molecular formula is C14H22Cl2N4O. The van der Waals surface area contributed by atoms with Crippen molar-refractivity contribution in [2.24, 2.45) is 0 Å². The van der Waals surface area contributed by atoms with Crippen LogP contribution in [0.25, 0.3) is 0 Å². The number of rotatable bonds is 5. The molecule has 2 rings (SSSR count). The van der Waals surface area contributed by atoms with E-state index in [0.29, 0.717) is 5.15 Å². The van der Waals surface area contributed by atoms with Crippen molar-refractivity contribution in [1.29, 1.82) is 0 Å². The van der Waals surface area contributed by atoms with Gasteiger partial charge >= 0.3 is 0 Å². The van der Waals surface area contributed by atoms with Crippen LogP contribution >= 0.6 is 11.6 Å². The van der Waals surface area contributed by atoms with Crippen molar-refractivity contribution in [3.05, 3.63) is 23.4 Å². The fraction of sp³-hybridized carbons (Fsp3) is 0.571. The van der Waals surface area contributed by atoms with E-state index in [9.17, 15) is 4.79 Å². The van der Waals surface area contributed by atoms with Crippen LogP contribution < -0.4 is 27.5 Å². The Morgan fingerprint density at radius 3 is 2.76 bits per heavy atom. The third kappa shape index (κ3) is 6.08. The molecule has 118 valence electrons. The predicted molar refractivity (Wildman–Crippen MR) is 80.3 cm³/mol.